The second-order valence-corrected chi connectivity index (χ2v) is 32.7. The van der Waals surface area contributed by atoms with E-state index < -0.39 is 16.9 Å². The Morgan fingerprint density at radius 3 is 1.94 bits per heavy atom. The smallest absolute Gasteiger partial charge is 0.349 e. The van der Waals surface area contributed by atoms with Gasteiger partial charge in [0.2, 0.25) is 17.7 Å². The fraction of sp³-hybridized carbons (Fsp3) is 0.571. The lowest BCUT2D eigenvalue weighted by Crippen LogP contribution is -2.66. The molecule has 0 unspecified atom stereocenters. The fourth-order valence-electron chi connectivity index (χ4n) is 10.2. The van der Waals surface area contributed by atoms with Crippen LogP contribution in [0.15, 0.2) is 92.7 Å². The second kappa shape index (κ2) is 19.1. The lowest BCUT2D eigenvalue weighted by atomic mass is 9.88. The zero-order chi connectivity index (χ0) is 45.3. The lowest BCUT2D eigenvalue weighted by Gasteiger charge is -2.53. The Morgan fingerprint density at radius 1 is 0.778 bits per heavy atom. The molecule has 2 fully saturated rings. The molecule has 63 heavy (non-hydrogen) atoms. The Kier molecular flexibility index (Phi) is 14.6. The van der Waals surface area contributed by atoms with Crippen LogP contribution in [0.2, 0.25) is 15.1 Å². The quantitative estimate of drug-likeness (QED) is 0.0931. The highest BCUT2D eigenvalue weighted by atomic mass is 32.2. The van der Waals surface area contributed by atoms with Crippen molar-refractivity contribution in [1.82, 2.24) is 15.0 Å². The number of oxazole rings is 3. The van der Waals surface area contributed by atoms with Crippen LogP contribution in [0, 0.1) is 11.8 Å². The minimum Gasteiger partial charge on any atom is -0.446 e. The Hall–Kier alpha value is -2.96. The Morgan fingerprint density at radius 2 is 1.35 bits per heavy atom. The van der Waals surface area contributed by atoms with Gasteiger partial charge in [-0.25, -0.2) is 15.0 Å². The summed E-state index contributed by atoms with van der Waals surface area (Å²) in [6.45, 7) is 26.2. The second-order valence-electron chi connectivity index (χ2n) is 20.5. The summed E-state index contributed by atoms with van der Waals surface area (Å²) in [6.07, 6.45) is 8.93. The maximum Gasteiger partial charge on any atom is 0.349 e. The molecule has 0 spiro atoms. The summed E-state index contributed by atoms with van der Waals surface area (Å²) in [4.78, 5) is 14.5. The third kappa shape index (κ3) is 9.80. The first kappa shape index (κ1) is 48.0. The van der Waals surface area contributed by atoms with Gasteiger partial charge in [0.15, 0.2) is 11.4 Å². The molecule has 0 saturated carbocycles. The zero-order valence-corrected chi connectivity index (χ0v) is 43.1. The molecule has 2 aromatic carbocycles. The molecule has 7 rings (SSSR count). The maximum absolute atomic E-state index is 7.16. The van der Waals surface area contributed by atoms with Gasteiger partial charge in [-0.05, 0) is 58.5 Å². The first-order valence-corrected chi connectivity index (χ1v) is 28.3. The monoisotopic (exact) mass is 931 g/mol. The number of nitrogens with zero attached hydrogens (tertiary/aromatic N) is 3. The molecule has 0 radical (unpaired) electrons. The van der Waals surface area contributed by atoms with Crippen molar-refractivity contribution >= 4 is 50.8 Å². The van der Waals surface area contributed by atoms with Crippen molar-refractivity contribution in [3.63, 3.8) is 0 Å². The van der Waals surface area contributed by atoms with E-state index in [1.807, 2.05) is 12.1 Å². The van der Waals surface area contributed by atoms with E-state index in [9.17, 15) is 0 Å². The van der Waals surface area contributed by atoms with Crippen LogP contribution in [0.1, 0.15) is 120 Å². The number of thioether (sulfide) groups is 2. The standard InChI is InChI=1S/C49H69N3O7S2Si2/c1-34(28-36-24-25-57-63(59-36,47(6,7)8)48(9,10)11)29-49(60-26-19-27-61-49)35(2)43(53-12)39-30-55-45(51-39)41-32-56-44(52-41)40-31-54-42(50-40)33-58-62(46(3,4)5,37-20-15-13-16-21-37)38-22-17-14-18-23-38/h13-18,20-23,30-32,34-36,43H,19,24-29,33H2,1-12H3/t34-,35+,36+,43+/m0/s1. The molecule has 3 aromatic heterocycles. The molecule has 14 heteroatoms. The zero-order valence-electron chi connectivity index (χ0n) is 39.5. The van der Waals surface area contributed by atoms with E-state index in [0.717, 1.165) is 43.1 Å². The Bertz CT molecular complexity index is 2170. The van der Waals surface area contributed by atoms with E-state index in [0.29, 0.717) is 35.0 Å². The van der Waals surface area contributed by atoms with Gasteiger partial charge in [-0.3, -0.25) is 0 Å². The van der Waals surface area contributed by atoms with E-state index in [1.54, 1.807) is 25.9 Å². The number of benzene rings is 2. The lowest BCUT2D eigenvalue weighted by molar-refractivity contribution is 0.00765. The topological polar surface area (TPSA) is 115 Å². The Balaban J connectivity index is 1.05. The van der Waals surface area contributed by atoms with Crippen LogP contribution in [-0.4, -0.2) is 67.2 Å². The average Bonchev–Trinajstić information content (AvgIpc) is 4.04. The summed E-state index contributed by atoms with van der Waals surface area (Å²) in [7, 11) is -3.55. The number of methoxy groups -OCH3 is 1. The molecule has 0 amide bonds. The minimum absolute atomic E-state index is 0.0315. The van der Waals surface area contributed by atoms with Crippen molar-refractivity contribution in [1.29, 1.82) is 0 Å². The molecule has 4 atom stereocenters. The number of aromatic nitrogens is 3. The summed E-state index contributed by atoms with van der Waals surface area (Å²) in [5, 5.41) is 2.13. The van der Waals surface area contributed by atoms with Crippen LogP contribution in [-0.2, 0) is 24.6 Å². The molecule has 5 aromatic rings. The third-order valence-electron chi connectivity index (χ3n) is 12.9. The van der Waals surface area contributed by atoms with E-state index in [2.05, 4.69) is 148 Å². The van der Waals surface area contributed by atoms with Crippen molar-refractivity contribution in [3.05, 3.63) is 91.0 Å². The van der Waals surface area contributed by atoms with Crippen molar-refractivity contribution in [2.75, 3.05) is 25.2 Å². The van der Waals surface area contributed by atoms with Crippen molar-refractivity contribution in [3.8, 4) is 23.2 Å². The first-order valence-electron chi connectivity index (χ1n) is 22.6. The summed E-state index contributed by atoms with van der Waals surface area (Å²) in [6, 6.07) is 21.1. The number of rotatable bonds is 15. The largest absolute Gasteiger partial charge is 0.446 e. The van der Waals surface area contributed by atoms with Gasteiger partial charge in [-0.15, -0.1) is 23.5 Å². The van der Waals surface area contributed by atoms with Crippen LogP contribution in [0.3, 0.4) is 0 Å². The predicted octanol–water partition coefficient (Wildman–Crippen LogP) is 12.2. The van der Waals surface area contributed by atoms with Gasteiger partial charge >= 0.3 is 8.56 Å². The minimum atomic E-state index is -2.79. The van der Waals surface area contributed by atoms with Crippen LogP contribution in [0.5, 0.6) is 0 Å². The number of hydrogen-bond donors (Lipinski definition) is 0. The Labute approximate surface area is 386 Å². The van der Waals surface area contributed by atoms with Crippen molar-refractivity contribution < 1.29 is 31.3 Å². The van der Waals surface area contributed by atoms with Gasteiger partial charge in [0.25, 0.3) is 8.32 Å². The van der Waals surface area contributed by atoms with E-state index >= 15 is 0 Å². The van der Waals surface area contributed by atoms with Gasteiger partial charge in [-0.2, -0.15) is 0 Å². The molecule has 10 nitrogen and oxygen atoms in total. The highest BCUT2D eigenvalue weighted by Crippen LogP contribution is 2.57. The van der Waals surface area contributed by atoms with Gasteiger partial charge < -0.3 is 31.3 Å². The van der Waals surface area contributed by atoms with E-state index in [4.69, 9.17) is 46.2 Å². The van der Waals surface area contributed by atoms with Gasteiger partial charge in [0.05, 0.1) is 4.08 Å². The molecule has 0 N–H and O–H groups in total. The molecule has 342 valence electrons. The summed E-state index contributed by atoms with van der Waals surface area (Å²) in [5.41, 5.74) is 1.68. The third-order valence-corrected chi connectivity index (χ3v) is 26.8. The summed E-state index contributed by atoms with van der Waals surface area (Å²) in [5.74, 6) is 3.95. The normalized spacial score (nSPS) is 20.0. The van der Waals surface area contributed by atoms with Gasteiger partial charge in [-0.1, -0.05) is 137 Å². The summed E-state index contributed by atoms with van der Waals surface area (Å²) < 4.78 is 45.2. The molecule has 2 aliphatic rings. The molecule has 2 aliphatic heterocycles. The molecule has 0 aliphatic carbocycles. The summed E-state index contributed by atoms with van der Waals surface area (Å²) >= 11 is 4.17. The van der Waals surface area contributed by atoms with Crippen LogP contribution < -0.4 is 10.4 Å². The van der Waals surface area contributed by atoms with E-state index in [-0.39, 0.29) is 43.9 Å². The SMILES string of the molecule is CO[C@@H](c1coc(-c2coc(-c3coc(CO[Si](c4ccccc4)(c4ccccc4)C(C)(C)C)n3)n2)n1)[C@@H](C)C1(C[C@@H](C)C[C@H]2CCO[Si](C(C)(C)C)(C(C)(C)C)O2)SCCCS1. The molecule has 5 heterocycles. The van der Waals surface area contributed by atoms with Crippen LogP contribution >= 0.6 is 23.5 Å². The highest BCUT2D eigenvalue weighted by molar-refractivity contribution is 8.18. The van der Waals surface area contributed by atoms with E-state index in [1.165, 1.54) is 16.8 Å². The number of hydrogen-bond acceptors (Lipinski definition) is 12. The van der Waals surface area contributed by atoms with Crippen molar-refractivity contribution in [2.24, 2.45) is 11.8 Å². The van der Waals surface area contributed by atoms with Gasteiger partial charge in [0.1, 0.15) is 37.2 Å². The molecule has 0 bridgehead atoms. The fourth-order valence-corrected chi connectivity index (χ4v) is 23.5. The maximum atomic E-state index is 7.16. The molecule has 2 saturated heterocycles. The molecular weight excluding hydrogens is 863 g/mol. The molecular formula is C49H69N3O7S2Si2. The number of ether oxygens (including phenoxy) is 1. The average molecular weight is 932 g/mol. The first-order chi connectivity index (χ1) is 29.8. The predicted molar refractivity (Wildman–Crippen MR) is 260 cm³/mol. The van der Waals surface area contributed by atoms with Crippen LogP contribution in [0.25, 0.3) is 23.2 Å². The van der Waals surface area contributed by atoms with Crippen LogP contribution in [0.4, 0.5) is 0 Å². The van der Waals surface area contributed by atoms with Crippen molar-refractivity contribution in [2.45, 2.75) is 140 Å². The van der Waals surface area contributed by atoms with Gasteiger partial charge in [0, 0.05) is 35.8 Å². The highest BCUT2D eigenvalue weighted by Gasteiger charge is 2.60.